The molecule has 104 valence electrons. The molecule has 0 atom stereocenters. The number of halogens is 1. The van der Waals surface area contributed by atoms with E-state index in [0.29, 0.717) is 13.0 Å². The van der Waals surface area contributed by atoms with Crippen molar-refractivity contribution in [3.05, 3.63) is 0 Å². The van der Waals surface area contributed by atoms with Gasteiger partial charge in [0, 0.05) is 13.0 Å². The highest BCUT2D eigenvalue weighted by molar-refractivity contribution is 7.92. The lowest BCUT2D eigenvalue weighted by Crippen LogP contribution is -2.18. The Morgan fingerprint density at radius 1 is 1.33 bits per heavy atom. The number of rotatable bonds is 6. The van der Waals surface area contributed by atoms with E-state index < -0.39 is 10.0 Å². The van der Waals surface area contributed by atoms with Gasteiger partial charge in [0.05, 0.1) is 6.26 Å². The smallest absolute Gasteiger partial charge is 0.231 e. The van der Waals surface area contributed by atoms with E-state index in [1.807, 2.05) is 0 Å². The van der Waals surface area contributed by atoms with E-state index >= 15 is 0 Å². The number of sulfonamides is 1. The molecule has 1 heterocycles. The molecule has 3 N–H and O–H groups in total. The van der Waals surface area contributed by atoms with Crippen LogP contribution < -0.4 is 15.4 Å². The van der Waals surface area contributed by atoms with Crippen molar-refractivity contribution in [3.63, 3.8) is 0 Å². The molecule has 0 aliphatic rings. The van der Waals surface area contributed by atoms with Gasteiger partial charge in [-0.25, -0.2) is 8.42 Å². The first-order chi connectivity index (χ1) is 7.90. The molecule has 0 fully saturated rings. The predicted molar refractivity (Wildman–Crippen MR) is 72.8 cm³/mol. The van der Waals surface area contributed by atoms with Gasteiger partial charge < -0.3 is 10.6 Å². The maximum absolute atomic E-state index is 11.3. The molecule has 0 radical (unpaired) electrons. The largest absolute Gasteiger partial charge is 0.319 e. The highest BCUT2D eigenvalue weighted by atomic mass is 35.5. The highest BCUT2D eigenvalue weighted by Gasteiger charge is 2.10. The van der Waals surface area contributed by atoms with E-state index in [1.165, 1.54) is 0 Å². The quantitative estimate of drug-likeness (QED) is 0.674. The summed E-state index contributed by atoms with van der Waals surface area (Å²) in [5, 5.41) is 13.0. The minimum absolute atomic E-state index is 0. The molecule has 0 unspecified atom stereocenters. The monoisotopic (exact) mass is 315 g/mol. The van der Waals surface area contributed by atoms with E-state index in [0.717, 1.165) is 17.6 Å². The number of carbonyl (C=O) groups excluding carboxylic acids is 1. The van der Waals surface area contributed by atoms with Gasteiger partial charge in [0.15, 0.2) is 0 Å². The molecule has 8 nitrogen and oxygen atoms in total. The minimum atomic E-state index is -3.37. The summed E-state index contributed by atoms with van der Waals surface area (Å²) in [5.41, 5.74) is 0. The Hall–Kier alpha value is -0.970. The SMILES string of the molecule is CNCCC(=O)Nc1nnc(NS(C)(=O)=O)s1.Cl. The van der Waals surface area contributed by atoms with Crippen LogP contribution in [0.15, 0.2) is 0 Å². The summed E-state index contributed by atoms with van der Waals surface area (Å²) in [4.78, 5) is 11.3. The highest BCUT2D eigenvalue weighted by Crippen LogP contribution is 2.20. The van der Waals surface area contributed by atoms with Crippen LogP contribution in [0.25, 0.3) is 0 Å². The van der Waals surface area contributed by atoms with Crippen molar-refractivity contribution in [2.45, 2.75) is 6.42 Å². The summed E-state index contributed by atoms with van der Waals surface area (Å²) in [5.74, 6) is -0.207. The lowest BCUT2D eigenvalue weighted by molar-refractivity contribution is -0.116. The first kappa shape index (κ1) is 17.0. The van der Waals surface area contributed by atoms with Crippen LogP contribution in [0, 0.1) is 0 Å². The van der Waals surface area contributed by atoms with Gasteiger partial charge in [-0.15, -0.1) is 22.6 Å². The second-order valence-electron chi connectivity index (χ2n) is 3.19. The number of nitrogens with one attached hydrogen (secondary N) is 3. The first-order valence-corrected chi connectivity index (χ1v) is 7.37. The van der Waals surface area contributed by atoms with E-state index in [2.05, 4.69) is 25.6 Å². The van der Waals surface area contributed by atoms with Crippen molar-refractivity contribution in [2.24, 2.45) is 0 Å². The molecule has 11 heteroatoms. The molecule has 0 aliphatic carbocycles. The van der Waals surface area contributed by atoms with Crippen molar-refractivity contribution in [1.29, 1.82) is 0 Å². The summed E-state index contributed by atoms with van der Waals surface area (Å²) in [6.45, 7) is 0.555. The predicted octanol–water partition coefficient (Wildman–Crippen LogP) is -0.121. The maximum Gasteiger partial charge on any atom is 0.231 e. The molecule has 1 amide bonds. The van der Waals surface area contributed by atoms with Crippen LogP contribution in [0.2, 0.25) is 0 Å². The van der Waals surface area contributed by atoms with Gasteiger partial charge in [-0.3, -0.25) is 9.52 Å². The molecular weight excluding hydrogens is 302 g/mol. The summed E-state index contributed by atoms with van der Waals surface area (Å²) in [6, 6.07) is 0. The number of carbonyl (C=O) groups is 1. The lowest BCUT2D eigenvalue weighted by Gasteiger charge is -1.99. The zero-order chi connectivity index (χ0) is 12.9. The molecule has 1 aromatic heterocycles. The number of anilines is 2. The van der Waals surface area contributed by atoms with Gasteiger partial charge in [0.1, 0.15) is 0 Å². The average molecular weight is 316 g/mol. The molecule has 1 aromatic rings. The Kier molecular flexibility index (Phi) is 7.06. The van der Waals surface area contributed by atoms with E-state index in [9.17, 15) is 13.2 Å². The van der Waals surface area contributed by atoms with Crippen LogP contribution in [-0.4, -0.2) is 44.4 Å². The molecule has 1 rings (SSSR count). The summed E-state index contributed by atoms with van der Waals surface area (Å²) in [6.07, 6.45) is 1.32. The summed E-state index contributed by atoms with van der Waals surface area (Å²) in [7, 11) is -1.63. The Morgan fingerprint density at radius 2 is 1.94 bits per heavy atom. The van der Waals surface area contributed by atoms with Gasteiger partial charge in [-0.2, -0.15) is 0 Å². The Bertz CT molecular complexity index is 489. The van der Waals surface area contributed by atoms with Gasteiger partial charge in [0.25, 0.3) is 0 Å². The van der Waals surface area contributed by atoms with Crippen molar-refractivity contribution >= 4 is 49.9 Å². The topological polar surface area (TPSA) is 113 Å². The van der Waals surface area contributed by atoms with Crippen LogP contribution in [-0.2, 0) is 14.8 Å². The standard InChI is InChI=1S/C7H13N5O3S2.ClH/c1-8-4-3-5(13)9-6-10-11-7(16-6)12-17(2,14)15;/h8H,3-4H2,1-2H3,(H,11,12)(H,9,10,13);1H. The van der Waals surface area contributed by atoms with E-state index in [-0.39, 0.29) is 28.6 Å². The molecule has 0 aromatic carbocycles. The third-order valence-electron chi connectivity index (χ3n) is 1.55. The van der Waals surface area contributed by atoms with E-state index in [1.54, 1.807) is 7.05 Å². The fourth-order valence-corrected chi connectivity index (χ4v) is 2.38. The Morgan fingerprint density at radius 3 is 2.50 bits per heavy atom. The number of amides is 1. The van der Waals surface area contributed by atoms with E-state index in [4.69, 9.17) is 0 Å². The fourth-order valence-electron chi connectivity index (χ4n) is 0.894. The normalized spacial score (nSPS) is 10.6. The number of hydrogen-bond acceptors (Lipinski definition) is 7. The van der Waals surface area contributed by atoms with Gasteiger partial charge in [-0.05, 0) is 7.05 Å². The van der Waals surface area contributed by atoms with Crippen molar-refractivity contribution in [2.75, 3.05) is 29.9 Å². The number of aromatic nitrogens is 2. The van der Waals surface area contributed by atoms with Crippen molar-refractivity contribution < 1.29 is 13.2 Å². The average Bonchev–Trinajstić information content (AvgIpc) is 2.59. The van der Waals surface area contributed by atoms with Crippen LogP contribution in [0.4, 0.5) is 10.3 Å². The molecule has 0 bridgehead atoms. The van der Waals surface area contributed by atoms with Crippen LogP contribution >= 0.6 is 23.7 Å². The summed E-state index contributed by atoms with van der Waals surface area (Å²) < 4.78 is 24.0. The zero-order valence-corrected chi connectivity index (χ0v) is 12.2. The molecule has 0 aliphatic heterocycles. The van der Waals surface area contributed by atoms with Crippen molar-refractivity contribution in [3.8, 4) is 0 Å². The third kappa shape index (κ3) is 6.69. The Labute approximate surface area is 115 Å². The zero-order valence-electron chi connectivity index (χ0n) is 9.76. The van der Waals surface area contributed by atoms with Crippen LogP contribution in [0.1, 0.15) is 6.42 Å². The molecule has 0 saturated heterocycles. The fraction of sp³-hybridized carbons (Fsp3) is 0.571. The molecule has 0 spiro atoms. The minimum Gasteiger partial charge on any atom is -0.319 e. The van der Waals surface area contributed by atoms with Crippen molar-refractivity contribution in [1.82, 2.24) is 15.5 Å². The van der Waals surface area contributed by atoms with Crippen LogP contribution in [0.3, 0.4) is 0 Å². The third-order valence-corrected chi connectivity index (χ3v) is 2.99. The second-order valence-corrected chi connectivity index (χ2v) is 5.91. The first-order valence-electron chi connectivity index (χ1n) is 4.66. The summed E-state index contributed by atoms with van der Waals surface area (Å²) >= 11 is 0.957. The second kappa shape index (κ2) is 7.46. The van der Waals surface area contributed by atoms with Crippen LogP contribution in [0.5, 0.6) is 0 Å². The molecule has 18 heavy (non-hydrogen) atoms. The Balaban J connectivity index is 0.00000289. The molecular formula is C7H14ClN5O3S2. The van der Waals surface area contributed by atoms with Gasteiger partial charge >= 0.3 is 0 Å². The number of nitrogens with zero attached hydrogens (tertiary/aromatic N) is 2. The molecule has 0 saturated carbocycles. The van der Waals surface area contributed by atoms with Gasteiger partial charge in [-0.1, -0.05) is 11.3 Å². The van der Waals surface area contributed by atoms with Gasteiger partial charge in [0.2, 0.25) is 26.2 Å². The number of hydrogen-bond donors (Lipinski definition) is 3. The maximum atomic E-state index is 11.3. The lowest BCUT2D eigenvalue weighted by atomic mass is 10.4.